The molecule has 3 amide bonds. The smallest absolute Gasteiger partial charge is 0.361 e. The van der Waals surface area contributed by atoms with Crippen molar-refractivity contribution >= 4 is 17.7 Å². The third-order valence-corrected chi connectivity index (χ3v) is 6.17. The zero-order chi connectivity index (χ0) is 27.7. The largest absolute Gasteiger partial charge is 0.416 e. The highest BCUT2D eigenvalue weighted by Crippen LogP contribution is 2.37. The summed E-state index contributed by atoms with van der Waals surface area (Å²) in [5.74, 6) is -4.94. The van der Waals surface area contributed by atoms with Crippen LogP contribution in [0.15, 0.2) is 42.5 Å². The van der Waals surface area contributed by atoms with Crippen molar-refractivity contribution in [3.63, 3.8) is 0 Å². The molecule has 0 aliphatic carbocycles. The predicted molar refractivity (Wildman–Crippen MR) is 116 cm³/mol. The minimum atomic E-state index is -5.04. The van der Waals surface area contributed by atoms with Crippen LogP contribution >= 0.6 is 0 Å². The molecule has 2 N–H and O–H groups in total. The van der Waals surface area contributed by atoms with Crippen LogP contribution in [0.4, 0.5) is 30.7 Å². The van der Waals surface area contributed by atoms with Gasteiger partial charge in [0.1, 0.15) is 5.82 Å². The van der Waals surface area contributed by atoms with Crippen molar-refractivity contribution in [2.45, 2.75) is 31.2 Å². The van der Waals surface area contributed by atoms with Crippen molar-refractivity contribution in [2.24, 2.45) is 11.7 Å². The molecule has 0 saturated carbocycles. The van der Waals surface area contributed by atoms with Crippen molar-refractivity contribution in [1.29, 1.82) is 0 Å². The summed E-state index contributed by atoms with van der Waals surface area (Å²) < 4.78 is 92.7. The molecule has 3 rings (SSSR count). The van der Waals surface area contributed by atoms with Crippen LogP contribution < -0.4 is 5.73 Å². The van der Waals surface area contributed by atoms with E-state index in [4.69, 9.17) is 5.73 Å². The van der Waals surface area contributed by atoms with E-state index in [-0.39, 0.29) is 31.1 Å². The van der Waals surface area contributed by atoms with Gasteiger partial charge in [-0.25, -0.2) is 4.39 Å². The molecule has 0 aromatic heterocycles. The minimum Gasteiger partial charge on any atom is -0.361 e. The van der Waals surface area contributed by atoms with Gasteiger partial charge in [-0.05, 0) is 47.9 Å². The van der Waals surface area contributed by atoms with Gasteiger partial charge in [-0.15, -0.1) is 0 Å². The lowest BCUT2D eigenvalue weighted by molar-refractivity contribution is -0.147. The average Bonchev–Trinajstić information content (AvgIpc) is 2.81. The van der Waals surface area contributed by atoms with Crippen molar-refractivity contribution in [3.8, 4) is 0 Å². The molecule has 2 aromatic carbocycles. The highest BCUT2D eigenvalue weighted by atomic mass is 19.4. The quantitative estimate of drug-likeness (QED) is 0.478. The number of halogens is 7. The average molecular weight is 533 g/mol. The van der Waals surface area contributed by atoms with Crippen molar-refractivity contribution in [1.82, 2.24) is 9.80 Å². The van der Waals surface area contributed by atoms with Crippen molar-refractivity contribution in [2.75, 3.05) is 20.1 Å². The first-order valence-electron chi connectivity index (χ1n) is 11.0. The third kappa shape index (κ3) is 6.57. The van der Waals surface area contributed by atoms with Crippen LogP contribution in [0.2, 0.25) is 0 Å². The molecule has 200 valence electrons. The fourth-order valence-corrected chi connectivity index (χ4v) is 4.38. The van der Waals surface area contributed by atoms with Gasteiger partial charge < -0.3 is 15.5 Å². The van der Waals surface area contributed by atoms with Crippen molar-refractivity contribution < 1.29 is 45.1 Å². The van der Waals surface area contributed by atoms with Crippen LogP contribution in [0.5, 0.6) is 0 Å². The van der Waals surface area contributed by atoms with Gasteiger partial charge >= 0.3 is 24.2 Å². The summed E-state index contributed by atoms with van der Waals surface area (Å²) in [6.45, 7) is -0.715. The van der Waals surface area contributed by atoms with Crippen molar-refractivity contribution in [3.05, 3.63) is 70.5 Å². The Morgan fingerprint density at radius 3 is 2.00 bits per heavy atom. The van der Waals surface area contributed by atoms with Gasteiger partial charge in [-0.1, -0.05) is 12.1 Å². The molecule has 2 atom stereocenters. The Morgan fingerprint density at radius 1 is 0.973 bits per heavy atom. The number of amides is 3. The lowest BCUT2D eigenvalue weighted by Gasteiger charge is -2.39. The van der Waals surface area contributed by atoms with Crippen LogP contribution in [-0.4, -0.2) is 47.7 Å². The summed E-state index contributed by atoms with van der Waals surface area (Å²) in [6.07, 6.45) is -10.0. The molecule has 1 aliphatic heterocycles. The van der Waals surface area contributed by atoms with E-state index in [2.05, 4.69) is 0 Å². The Kier molecular flexibility index (Phi) is 7.84. The van der Waals surface area contributed by atoms with Crippen LogP contribution in [0.1, 0.15) is 34.6 Å². The Balaban J connectivity index is 1.90. The van der Waals surface area contributed by atoms with Crippen LogP contribution in [0, 0.1) is 11.7 Å². The number of hydrogen-bond donors (Lipinski definition) is 1. The molecule has 1 aliphatic rings. The molecular weight excluding hydrogens is 511 g/mol. The van der Waals surface area contributed by atoms with E-state index >= 15 is 0 Å². The molecule has 0 radical (unpaired) electrons. The van der Waals surface area contributed by atoms with E-state index in [9.17, 15) is 45.1 Å². The van der Waals surface area contributed by atoms with Gasteiger partial charge in [-0.3, -0.25) is 14.4 Å². The third-order valence-electron chi connectivity index (χ3n) is 6.17. The van der Waals surface area contributed by atoms with Gasteiger partial charge in [-0.2, -0.15) is 26.3 Å². The molecule has 1 heterocycles. The van der Waals surface area contributed by atoms with E-state index in [0.29, 0.717) is 17.7 Å². The second kappa shape index (κ2) is 10.4. The first-order valence-corrected chi connectivity index (χ1v) is 11.0. The molecule has 0 unspecified atom stereocenters. The molecule has 1 saturated heterocycles. The molecule has 2 aromatic rings. The van der Waals surface area contributed by atoms with Gasteiger partial charge in [0.2, 0.25) is 5.91 Å². The summed E-state index contributed by atoms with van der Waals surface area (Å²) in [5.41, 5.74) is 2.15. The fourth-order valence-electron chi connectivity index (χ4n) is 4.38. The Labute approximate surface area is 206 Å². The molecule has 0 bridgehead atoms. The van der Waals surface area contributed by atoms with Crippen LogP contribution in [0.3, 0.4) is 0 Å². The second-order valence-corrected chi connectivity index (χ2v) is 8.78. The van der Waals surface area contributed by atoms with E-state index in [1.807, 2.05) is 0 Å². The number of likely N-dealkylation sites (tertiary alicyclic amines) is 1. The van der Waals surface area contributed by atoms with Gasteiger partial charge in [0.15, 0.2) is 0 Å². The summed E-state index contributed by atoms with van der Waals surface area (Å²) in [7, 11) is 1.23. The van der Waals surface area contributed by atoms with Gasteiger partial charge in [0.05, 0.1) is 11.1 Å². The van der Waals surface area contributed by atoms with Gasteiger partial charge in [0.25, 0.3) is 0 Å². The highest BCUT2D eigenvalue weighted by Gasteiger charge is 2.40. The van der Waals surface area contributed by atoms with Crippen LogP contribution in [0.25, 0.3) is 0 Å². The lowest BCUT2D eigenvalue weighted by atomic mass is 9.79. The summed E-state index contributed by atoms with van der Waals surface area (Å²) >= 11 is 0. The number of carbonyl (C=O) groups excluding carboxylic acids is 3. The van der Waals surface area contributed by atoms with E-state index in [0.717, 1.165) is 21.9 Å². The van der Waals surface area contributed by atoms with E-state index in [1.165, 1.54) is 19.2 Å². The molecule has 6 nitrogen and oxygen atoms in total. The number of carbonyl (C=O) groups is 3. The predicted octanol–water partition coefficient (Wildman–Crippen LogP) is 3.94. The first kappa shape index (κ1) is 27.9. The molecular formula is C24H22F7N3O3. The number of alkyl halides is 6. The maximum absolute atomic E-state index is 13.5. The van der Waals surface area contributed by atoms with Crippen LogP contribution in [-0.2, 0) is 33.3 Å². The molecule has 0 spiro atoms. The second-order valence-electron chi connectivity index (χ2n) is 8.78. The number of nitrogens with zero attached hydrogens (tertiary/aromatic N) is 2. The number of hydrogen-bond acceptors (Lipinski definition) is 3. The summed E-state index contributed by atoms with van der Waals surface area (Å²) in [4.78, 5) is 39.0. The summed E-state index contributed by atoms with van der Waals surface area (Å²) in [6, 6.07) is 6.14. The standard InChI is InChI=1S/C24H22F7N3O3/c1-33(11-13-8-15(23(26,27)28)10-16(9-13)24(29,30)31)21(36)18-6-7-34(22(37)20(32)35)12-19(18)14-2-4-17(25)5-3-14/h2-5,8-10,18-19H,6-7,11-12H2,1H3,(H2,32,35)/t18-,19+/m1/s1. The highest BCUT2D eigenvalue weighted by molar-refractivity contribution is 6.34. The zero-order valence-corrected chi connectivity index (χ0v) is 19.4. The maximum atomic E-state index is 13.5. The number of nitrogens with two attached hydrogens (primary N) is 1. The SMILES string of the molecule is CN(Cc1cc(C(F)(F)F)cc(C(F)(F)F)c1)C(=O)[C@@H]1CCN(C(=O)C(N)=O)C[C@H]1c1ccc(F)cc1. The normalized spacial score (nSPS) is 18.4. The van der Waals surface area contributed by atoms with Gasteiger partial charge in [0, 0.05) is 38.5 Å². The topological polar surface area (TPSA) is 83.7 Å². The number of primary amides is 1. The Hall–Kier alpha value is -3.64. The monoisotopic (exact) mass is 533 g/mol. The first-order chi connectivity index (χ1) is 17.1. The number of rotatable bonds is 4. The maximum Gasteiger partial charge on any atom is 0.416 e. The van der Waals surface area contributed by atoms with E-state index in [1.54, 1.807) is 0 Å². The lowest BCUT2D eigenvalue weighted by Crippen LogP contribution is -2.50. The molecule has 13 heteroatoms. The Morgan fingerprint density at radius 2 is 1.51 bits per heavy atom. The molecule has 1 fully saturated rings. The zero-order valence-electron chi connectivity index (χ0n) is 19.4. The number of piperidine rings is 1. The minimum absolute atomic E-state index is 0.00134. The molecule has 37 heavy (non-hydrogen) atoms. The van der Waals surface area contributed by atoms with E-state index < -0.39 is 65.4 Å². The fraction of sp³-hybridized carbons (Fsp3) is 0.375. The number of benzene rings is 2. The summed E-state index contributed by atoms with van der Waals surface area (Å²) in [5, 5.41) is 0. The Bertz CT molecular complexity index is 1150.